The third-order valence-corrected chi connectivity index (χ3v) is 4.14. The van der Waals surface area contributed by atoms with Gasteiger partial charge in [0.15, 0.2) is 5.82 Å². The van der Waals surface area contributed by atoms with Crippen LogP contribution in [0.15, 0.2) is 0 Å². The number of hydrogen-bond donors (Lipinski definition) is 1. The van der Waals surface area contributed by atoms with Crippen LogP contribution >= 0.6 is 0 Å². The molecule has 0 saturated heterocycles. The minimum absolute atomic E-state index is 0.429. The number of aryl methyl sites for hydroxylation is 1. The van der Waals surface area contributed by atoms with Gasteiger partial charge in [0.1, 0.15) is 11.6 Å². The lowest BCUT2D eigenvalue weighted by molar-refractivity contribution is 0.553. The molecule has 0 radical (unpaired) electrons. The Labute approximate surface area is 115 Å². The molecule has 2 unspecified atom stereocenters. The predicted octanol–water partition coefficient (Wildman–Crippen LogP) is 3.07. The molecular weight excluding hydrogens is 236 g/mol. The quantitative estimate of drug-likeness (QED) is 0.901. The first-order chi connectivity index (χ1) is 9.21. The number of anilines is 1. The summed E-state index contributed by atoms with van der Waals surface area (Å²) in [5.41, 5.74) is 2.69. The van der Waals surface area contributed by atoms with E-state index >= 15 is 0 Å². The minimum Gasteiger partial charge on any atom is -0.364 e. The molecule has 102 valence electrons. The van der Waals surface area contributed by atoms with Crippen LogP contribution in [0.25, 0.3) is 0 Å². The molecule has 0 bridgehead atoms. The van der Waals surface area contributed by atoms with Gasteiger partial charge in [-0.15, -0.1) is 5.10 Å². The fourth-order valence-corrected chi connectivity index (χ4v) is 2.93. The maximum atomic E-state index is 9.43. The summed E-state index contributed by atoms with van der Waals surface area (Å²) in [7, 11) is 0. The van der Waals surface area contributed by atoms with Gasteiger partial charge >= 0.3 is 0 Å². The molecule has 4 heteroatoms. The molecule has 1 fully saturated rings. The third-order valence-electron chi connectivity index (χ3n) is 4.14. The Bertz CT molecular complexity index is 490. The smallest absolute Gasteiger partial charge is 0.167 e. The molecule has 2 atom stereocenters. The van der Waals surface area contributed by atoms with Gasteiger partial charge in [0.25, 0.3) is 0 Å². The Morgan fingerprint density at radius 3 is 2.58 bits per heavy atom. The highest BCUT2D eigenvalue weighted by molar-refractivity contribution is 5.57. The van der Waals surface area contributed by atoms with Crippen LogP contribution in [0, 0.1) is 17.2 Å². The van der Waals surface area contributed by atoms with E-state index in [-0.39, 0.29) is 0 Å². The Balaban J connectivity index is 2.33. The standard InChI is InChI=1S/C15H22N4/c1-4-11-12(9-16)15(19-18-13(11)5-2)17-14-8-6-7-10(14)3/h10,14H,4-8H2,1-3H3,(H,17,19). The van der Waals surface area contributed by atoms with Crippen molar-refractivity contribution in [3.05, 3.63) is 16.8 Å². The summed E-state index contributed by atoms with van der Waals surface area (Å²) in [6.07, 6.45) is 5.31. The number of nitriles is 1. The molecule has 0 spiro atoms. The Hall–Kier alpha value is -1.63. The highest BCUT2D eigenvalue weighted by atomic mass is 15.2. The van der Waals surface area contributed by atoms with Crippen LogP contribution in [0.1, 0.15) is 56.9 Å². The lowest BCUT2D eigenvalue weighted by atomic mass is 10.0. The molecule has 4 nitrogen and oxygen atoms in total. The van der Waals surface area contributed by atoms with Gasteiger partial charge in [0.2, 0.25) is 0 Å². The van der Waals surface area contributed by atoms with Gasteiger partial charge < -0.3 is 5.32 Å². The molecule has 0 amide bonds. The average Bonchev–Trinajstić information content (AvgIpc) is 2.83. The zero-order valence-corrected chi connectivity index (χ0v) is 12.0. The fourth-order valence-electron chi connectivity index (χ4n) is 2.93. The van der Waals surface area contributed by atoms with Crippen molar-refractivity contribution < 1.29 is 0 Å². The van der Waals surface area contributed by atoms with Crippen molar-refractivity contribution in [3.63, 3.8) is 0 Å². The normalized spacial score (nSPS) is 22.2. The van der Waals surface area contributed by atoms with E-state index in [4.69, 9.17) is 0 Å². The van der Waals surface area contributed by atoms with E-state index < -0.39 is 0 Å². The molecule has 1 aliphatic carbocycles. The number of aromatic nitrogens is 2. The highest BCUT2D eigenvalue weighted by Crippen LogP contribution is 2.29. The lowest BCUT2D eigenvalue weighted by Gasteiger charge is -2.19. The van der Waals surface area contributed by atoms with E-state index in [2.05, 4.69) is 42.4 Å². The lowest BCUT2D eigenvalue weighted by Crippen LogP contribution is -2.24. The van der Waals surface area contributed by atoms with Crippen molar-refractivity contribution in [3.8, 4) is 6.07 Å². The summed E-state index contributed by atoms with van der Waals surface area (Å²) in [5.74, 6) is 1.32. The zero-order valence-electron chi connectivity index (χ0n) is 12.0. The van der Waals surface area contributed by atoms with E-state index in [0.29, 0.717) is 23.3 Å². The molecule has 0 aromatic carbocycles. The Kier molecular flexibility index (Phi) is 4.36. The van der Waals surface area contributed by atoms with Crippen molar-refractivity contribution >= 4 is 5.82 Å². The van der Waals surface area contributed by atoms with E-state index in [1.807, 2.05) is 0 Å². The van der Waals surface area contributed by atoms with Crippen molar-refractivity contribution in [2.45, 2.75) is 58.9 Å². The summed E-state index contributed by atoms with van der Waals surface area (Å²) >= 11 is 0. The van der Waals surface area contributed by atoms with Gasteiger partial charge in [0, 0.05) is 6.04 Å². The van der Waals surface area contributed by atoms with Crippen LogP contribution in [-0.4, -0.2) is 16.2 Å². The molecule has 19 heavy (non-hydrogen) atoms. The first-order valence-electron chi connectivity index (χ1n) is 7.26. The van der Waals surface area contributed by atoms with E-state index in [9.17, 15) is 5.26 Å². The van der Waals surface area contributed by atoms with Crippen molar-refractivity contribution in [2.24, 2.45) is 5.92 Å². The fraction of sp³-hybridized carbons (Fsp3) is 0.667. The van der Waals surface area contributed by atoms with Crippen molar-refractivity contribution in [1.29, 1.82) is 5.26 Å². The van der Waals surface area contributed by atoms with Crippen LogP contribution in [0.2, 0.25) is 0 Å². The summed E-state index contributed by atoms with van der Waals surface area (Å²) in [4.78, 5) is 0. The van der Waals surface area contributed by atoms with Gasteiger partial charge in [-0.05, 0) is 37.2 Å². The molecule has 1 saturated carbocycles. The first kappa shape index (κ1) is 13.8. The first-order valence-corrected chi connectivity index (χ1v) is 7.26. The molecule has 1 heterocycles. The van der Waals surface area contributed by atoms with Gasteiger partial charge in [-0.25, -0.2) is 0 Å². The summed E-state index contributed by atoms with van der Waals surface area (Å²) in [6, 6.07) is 2.74. The second-order valence-electron chi connectivity index (χ2n) is 5.33. The molecule has 1 N–H and O–H groups in total. The van der Waals surface area contributed by atoms with Gasteiger partial charge in [0.05, 0.1) is 5.69 Å². The van der Waals surface area contributed by atoms with Gasteiger partial charge in [-0.3, -0.25) is 0 Å². The second-order valence-corrected chi connectivity index (χ2v) is 5.33. The topological polar surface area (TPSA) is 61.6 Å². The minimum atomic E-state index is 0.429. The summed E-state index contributed by atoms with van der Waals surface area (Å²) in [5, 5.41) is 21.4. The van der Waals surface area contributed by atoms with Gasteiger partial charge in [-0.2, -0.15) is 10.4 Å². The summed E-state index contributed by atoms with van der Waals surface area (Å²) in [6.45, 7) is 6.38. The number of hydrogen-bond acceptors (Lipinski definition) is 4. The number of nitrogens with one attached hydrogen (secondary N) is 1. The second kappa shape index (κ2) is 6.01. The van der Waals surface area contributed by atoms with Crippen LogP contribution in [0.5, 0.6) is 0 Å². The van der Waals surface area contributed by atoms with Gasteiger partial charge in [-0.1, -0.05) is 27.2 Å². The number of rotatable bonds is 4. The Morgan fingerprint density at radius 1 is 1.26 bits per heavy atom. The molecule has 1 aromatic rings. The maximum absolute atomic E-state index is 9.43. The monoisotopic (exact) mass is 258 g/mol. The van der Waals surface area contributed by atoms with Crippen molar-refractivity contribution in [1.82, 2.24) is 10.2 Å². The maximum Gasteiger partial charge on any atom is 0.167 e. The Morgan fingerprint density at radius 2 is 2.05 bits per heavy atom. The zero-order chi connectivity index (χ0) is 13.8. The SMILES string of the molecule is CCc1nnc(NC2CCCC2C)c(C#N)c1CC. The highest BCUT2D eigenvalue weighted by Gasteiger charge is 2.25. The molecule has 2 rings (SSSR count). The van der Waals surface area contributed by atoms with E-state index in [0.717, 1.165) is 30.5 Å². The molecule has 1 aliphatic rings. The van der Waals surface area contributed by atoms with Crippen LogP contribution in [0.3, 0.4) is 0 Å². The molecular formula is C15H22N4. The van der Waals surface area contributed by atoms with E-state index in [1.54, 1.807) is 0 Å². The van der Waals surface area contributed by atoms with Crippen LogP contribution in [0.4, 0.5) is 5.82 Å². The largest absolute Gasteiger partial charge is 0.364 e. The van der Waals surface area contributed by atoms with Crippen molar-refractivity contribution in [2.75, 3.05) is 5.32 Å². The van der Waals surface area contributed by atoms with E-state index in [1.165, 1.54) is 12.8 Å². The predicted molar refractivity (Wildman–Crippen MR) is 75.9 cm³/mol. The van der Waals surface area contributed by atoms with Crippen LogP contribution < -0.4 is 5.32 Å². The summed E-state index contributed by atoms with van der Waals surface area (Å²) < 4.78 is 0. The molecule has 1 aromatic heterocycles. The van der Waals surface area contributed by atoms with Crippen LogP contribution in [-0.2, 0) is 12.8 Å². The third kappa shape index (κ3) is 2.70. The molecule has 0 aliphatic heterocycles. The number of nitrogens with zero attached hydrogens (tertiary/aromatic N) is 3. The average molecular weight is 258 g/mol.